The van der Waals surface area contributed by atoms with Crippen LogP contribution in [0.15, 0.2) is 51.9 Å². The maximum Gasteiger partial charge on any atom is 0.347 e. The molecule has 0 saturated heterocycles. The summed E-state index contributed by atoms with van der Waals surface area (Å²) in [6.45, 7) is 0. The summed E-state index contributed by atoms with van der Waals surface area (Å²) in [4.78, 5) is 24.0. The maximum atomic E-state index is 12.1. The van der Waals surface area contributed by atoms with Crippen LogP contribution in [0.25, 0.3) is 17.0 Å². The number of allylic oxidation sites excluding steroid dienone is 1. The number of carbonyl (C=O) groups excluding carboxylic acids is 1. The lowest BCUT2D eigenvalue weighted by atomic mass is 10.1. The number of nitrogens with zero attached hydrogens (tertiary/aromatic N) is 2. The summed E-state index contributed by atoms with van der Waals surface area (Å²) in [6, 6.07) is 5.82. The van der Waals surface area contributed by atoms with Gasteiger partial charge in [-0.25, -0.2) is 4.79 Å². The smallest absolute Gasteiger partial charge is 0.347 e. The highest BCUT2D eigenvalue weighted by molar-refractivity contribution is 6.07. The van der Waals surface area contributed by atoms with Crippen molar-refractivity contribution in [3.05, 3.63) is 64.3 Å². The molecule has 6 heteroatoms. The lowest BCUT2D eigenvalue weighted by molar-refractivity contribution is 0.104. The Bertz CT molecular complexity index is 950. The van der Waals surface area contributed by atoms with Crippen LogP contribution in [0.5, 0.6) is 5.75 Å². The molecule has 0 bridgehead atoms. The number of benzene rings is 1. The largest absolute Gasteiger partial charge is 0.508 e. The molecule has 0 saturated carbocycles. The number of phenols is 1. The first kappa shape index (κ1) is 13.8. The van der Waals surface area contributed by atoms with Gasteiger partial charge in [0, 0.05) is 30.3 Å². The second-order valence-corrected chi connectivity index (χ2v) is 4.81. The Morgan fingerprint density at radius 2 is 2.18 bits per heavy atom. The van der Waals surface area contributed by atoms with Crippen molar-refractivity contribution < 1.29 is 14.3 Å². The van der Waals surface area contributed by atoms with E-state index in [1.807, 2.05) is 0 Å². The van der Waals surface area contributed by atoms with E-state index in [1.54, 1.807) is 36.3 Å². The topological polar surface area (TPSA) is 85.3 Å². The fourth-order valence-corrected chi connectivity index (χ4v) is 2.06. The van der Waals surface area contributed by atoms with Gasteiger partial charge < -0.3 is 9.52 Å². The summed E-state index contributed by atoms with van der Waals surface area (Å²) >= 11 is 0. The van der Waals surface area contributed by atoms with Gasteiger partial charge in [-0.2, -0.15) is 5.10 Å². The number of hydrogen-bond acceptors (Lipinski definition) is 5. The summed E-state index contributed by atoms with van der Waals surface area (Å²) in [5.41, 5.74) is 0.195. The highest BCUT2D eigenvalue weighted by Gasteiger charge is 2.11. The minimum Gasteiger partial charge on any atom is -0.508 e. The standard InChI is InChI=1S/C16H12N2O4/c1-18-9-10(8-17-18)2-5-14(20)13-6-11-3-4-12(19)7-15(11)22-16(13)21/h2-9,19H,1H3/b5-2+. The molecule has 0 fully saturated rings. The van der Waals surface area contributed by atoms with Gasteiger partial charge in [-0.1, -0.05) is 0 Å². The molecular formula is C16H12N2O4. The van der Waals surface area contributed by atoms with Crippen molar-refractivity contribution in [3.8, 4) is 5.75 Å². The van der Waals surface area contributed by atoms with E-state index in [4.69, 9.17) is 4.42 Å². The highest BCUT2D eigenvalue weighted by Crippen LogP contribution is 2.19. The van der Waals surface area contributed by atoms with Gasteiger partial charge in [0.1, 0.15) is 16.9 Å². The van der Waals surface area contributed by atoms with E-state index in [2.05, 4.69) is 5.10 Å². The molecule has 1 aromatic carbocycles. The summed E-state index contributed by atoms with van der Waals surface area (Å²) in [5.74, 6) is -0.459. The van der Waals surface area contributed by atoms with Crippen molar-refractivity contribution in [2.24, 2.45) is 7.05 Å². The van der Waals surface area contributed by atoms with Crippen LogP contribution >= 0.6 is 0 Å². The van der Waals surface area contributed by atoms with Crippen LogP contribution < -0.4 is 5.63 Å². The number of ketones is 1. The number of aromatic hydroxyl groups is 1. The van der Waals surface area contributed by atoms with E-state index < -0.39 is 11.4 Å². The third-order valence-corrected chi connectivity index (χ3v) is 3.14. The summed E-state index contributed by atoms with van der Waals surface area (Å²) in [5, 5.41) is 13.9. The molecule has 0 aliphatic rings. The Morgan fingerprint density at radius 3 is 2.91 bits per heavy atom. The summed E-state index contributed by atoms with van der Waals surface area (Å²) < 4.78 is 6.68. The minimum absolute atomic E-state index is 0.00815. The molecule has 0 spiro atoms. The van der Waals surface area contributed by atoms with Crippen molar-refractivity contribution in [2.75, 3.05) is 0 Å². The van der Waals surface area contributed by atoms with Crippen molar-refractivity contribution in [1.29, 1.82) is 0 Å². The van der Waals surface area contributed by atoms with Crippen molar-refractivity contribution >= 4 is 22.8 Å². The number of fused-ring (bicyclic) bond motifs is 1. The minimum atomic E-state index is -0.737. The zero-order valence-electron chi connectivity index (χ0n) is 11.7. The van der Waals surface area contributed by atoms with Gasteiger partial charge in [-0.3, -0.25) is 9.48 Å². The normalized spacial score (nSPS) is 11.3. The third-order valence-electron chi connectivity index (χ3n) is 3.14. The Labute approximate surface area is 124 Å². The maximum absolute atomic E-state index is 12.1. The number of aromatic nitrogens is 2. The molecule has 2 aromatic heterocycles. The van der Waals surface area contributed by atoms with Crippen LogP contribution in [0.2, 0.25) is 0 Å². The van der Waals surface area contributed by atoms with E-state index in [1.165, 1.54) is 24.3 Å². The van der Waals surface area contributed by atoms with Gasteiger partial charge >= 0.3 is 5.63 Å². The first-order valence-corrected chi connectivity index (χ1v) is 6.51. The molecule has 0 radical (unpaired) electrons. The quantitative estimate of drug-likeness (QED) is 0.454. The number of hydrogen-bond donors (Lipinski definition) is 1. The predicted octanol–water partition coefficient (Wildman–Crippen LogP) is 2.13. The van der Waals surface area contributed by atoms with Crippen LogP contribution in [-0.2, 0) is 7.05 Å². The molecular weight excluding hydrogens is 284 g/mol. The van der Waals surface area contributed by atoms with Crippen LogP contribution in [0.1, 0.15) is 15.9 Å². The van der Waals surface area contributed by atoms with Crippen molar-refractivity contribution in [3.63, 3.8) is 0 Å². The average Bonchev–Trinajstić information content (AvgIpc) is 2.89. The first-order valence-electron chi connectivity index (χ1n) is 6.51. The van der Waals surface area contributed by atoms with Crippen molar-refractivity contribution in [1.82, 2.24) is 9.78 Å². The Morgan fingerprint density at radius 1 is 1.36 bits per heavy atom. The summed E-state index contributed by atoms with van der Waals surface area (Å²) in [6.07, 6.45) is 6.23. The SMILES string of the molecule is Cn1cc(/C=C/C(=O)c2cc3ccc(O)cc3oc2=O)cn1. The molecule has 3 rings (SSSR count). The zero-order chi connectivity index (χ0) is 15.7. The van der Waals surface area contributed by atoms with Gasteiger partial charge in [-0.05, 0) is 30.4 Å². The third kappa shape index (κ3) is 2.67. The van der Waals surface area contributed by atoms with E-state index in [-0.39, 0.29) is 16.9 Å². The molecule has 0 aliphatic heterocycles. The molecule has 1 N–H and O–H groups in total. The predicted molar refractivity (Wildman–Crippen MR) is 80.7 cm³/mol. The molecule has 22 heavy (non-hydrogen) atoms. The van der Waals surface area contributed by atoms with E-state index >= 15 is 0 Å². The zero-order valence-corrected chi connectivity index (χ0v) is 11.7. The highest BCUT2D eigenvalue weighted by atomic mass is 16.4. The molecule has 110 valence electrons. The first-order chi connectivity index (χ1) is 10.5. The molecule has 0 atom stereocenters. The number of phenolic OH excluding ortho intramolecular Hbond substituents is 1. The van der Waals surface area contributed by atoms with Crippen LogP contribution in [0.3, 0.4) is 0 Å². The van der Waals surface area contributed by atoms with Gasteiger partial charge in [0.05, 0.1) is 6.20 Å². The molecule has 0 amide bonds. The van der Waals surface area contributed by atoms with Crippen LogP contribution in [0.4, 0.5) is 0 Å². The number of aryl methyl sites for hydroxylation is 1. The van der Waals surface area contributed by atoms with Crippen LogP contribution in [-0.4, -0.2) is 20.7 Å². The molecule has 0 aliphatic carbocycles. The fraction of sp³-hybridized carbons (Fsp3) is 0.0625. The van der Waals surface area contributed by atoms with Gasteiger partial charge in [0.2, 0.25) is 0 Å². The lowest BCUT2D eigenvalue weighted by Gasteiger charge is -1.99. The monoisotopic (exact) mass is 296 g/mol. The van der Waals surface area contributed by atoms with Gasteiger partial charge in [0.15, 0.2) is 5.78 Å². The number of carbonyl (C=O) groups is 1. The van der Waals surface area contributed by atoms with E-state index in [0.29, 0.717) is 5.39 Å². The van der Waals surface area contributed by atoms with Gasteiger partial charge in [0.25, 0.3) is 0 Å². The second kappa shape index (κ2) is 5.33. The fourth-order valence-electron chi connectivity index (χ4n) is 2.06. The van der Waals surface area contributed by atoms with Gasteiger partial charge in [-0.15, -0.1) is 0 Å². The lowest BCUT2D eigenvalue weighted by Crippen LogP contribution is -2.11. The van der Waals surface area contributed by atoms with Crippen molar-refractivity contribution in [2.45, 2.75) is 0 Å². The molecule has 2 heterocycles. The molecule has 3 aromatic rings. The molecule has 6 nitrogen and oxygen atoms in total. The summed E-state index contributed by atoms with van der Waals surface area (Å²) in [7, 11) is 1.77. The average molecular weight is 296 g/mol. The van der Waals surface area contributed by atoms with E-state index in [9.17, 15) is 14.7 Å². The second-order valence-electron chi connectivity index (χ2n) is 4.81. The molecule has 0 unspecified atom stereocenters. The Hall–Kier alpha value is -3.15. The number of rotatable bonds is 3. The Kier molecular flexibility index (Phi) is 3.34. The van der Waals surface area contributed by atoms with E-state index in [0.717, 1.165) is 5.56 Å². The Balaban J connectivity index is 1.97. The van der Waals surface area contributed by atoms with Crippen LogP contribution in [0, 0.1) is 0 Å².